The SMILES string of the molecule is Cc1cc(-c2ccc(CN)cc2Cl)ccn1. The molecule has 2 nitrogen and oxygen atoms in total. The minimum absolute atomic E-state index is 0.509. The lowest BCUT2D eigenvalue weighted by atomic mass is 10.0. The molecule has 2 rings (SSSR count). The number of pyridine rings is 1. The Morgan fingerprint density at radius 3 is 2.69 bits per heavy atom. The summed E-state index contributed by atoms with van der Waals surface area (Å²) < 4.78 is 0. The van der Waals surface area contributed by atoms with Crippen LogP contribution in [0.1, 0.15) is 11.3 Å². The molecule has 0 saturated heterocycles. The van der Waals surface area contributed by atoms with Crippen molar-refractivity contribution in [1.29, 1.82) is 0 Å². The van der Waals surface area contributed by atoms with E-state index in [9.17, 15) is 0 Å². The minimum Gasteiger partial charge on any atom is -0.326 e. The third-order valence-corrected chi connectivity index (χ3v) is 2.79. The first-order chi connectivity index (χ1) is 7.70. The molecule has 0 aliphatic rings. The molecule has 0 saturated carbocycles. The zero-order valence-electron chi connectivity index (χ0n) is 9.07. The third-order valence-electron chi connectivity index (χ3n) is 2.48. The normalized spacial score (nSPS) is 10.4. The Kier molecular flexibility index (Phi) is 3.22. The smallest absolute Gasteiger partial charge is 0.0487 e. The summed E-state index contributed by atoms with van der Waals surface area (Å²) in [6, 6.07) is 9.88. The molecule has 3 heteroatoms. The van der Waals surface area contributed by atoms with Crippen LogP contribution in [0.3, 0.4) is 0 Å². The van der Waals surface area contributed by atoms with E-state index in [1.165, 1.54) is 0 Å². The summed E-state index contributed by atoms with van der Waals surface area (Å²) in [7, 11) is 0. The first kappa shape index (κ1) is 11.1. The lowest BCUT2D eigenvalue weighted by Crippen LogP contribution is -1.96. The highest BCUT2D eigenvalue weighted by molar-refractivity contribution is 6.33. The van der Waals surface area contributed by atoms with Gasteiger partial charge in [-0.1, -0.05) is 23.7 Å². The molecule has 1 aromatic carbocycles. The van der Waals surface area contributed by atoms with E-state index in [1.807, 2.05) is 37.3 Å². The van der Waals surface area contributed by atoms with Crippen LogP contribution in [0.4, 0.5) is 0 Å². The lowest BCUT2D eigenvalue weighted by Gasteiger charge is -2.06. The van der Waals surface area contributed by atoms with Gasteiger partial charge >= 0.3 is 0 Å². The number of hydrogen-bond donors (Lipinski definition) is 1. The van der Waals surface area contributed by atoms with Crippen molar-refractivity contribution in [2.45, 2.75) is 13.5 Å². The van der Waals surface area contributed by atoms with Crippen molar-refractivity contribution in [2.75, 3.05) is 0 Å². The van der Waals surface area contributed by atoms with E-state index in [0.29, 0.717) is 6.54 Å². The van der Waals surface area contributed by atoms with Crippen LogP contribution in [0.2, 0.25) is 5.02 Å². The number of benzene rings is 1. The predicted octanol–water partition coefficient (Wildman–Crippen LogP) is 3.17. The van der Waals surface area contributed by atoms with Crippen LogP contribution in [0.15, 0.2) is 36.5 Å². The number of nitrogens with zero attached hydrogens (tertiary/aromatic N) is 1. The number of aromatic nitrogens is 1. The van der Waals surface area contributed by atoms with Crippen LogP contribution in [0.25, 0.3) is 11.1 Å². The topological polar surface area (TPSA) is 38.9 Å². The molecule has 2 aromatic rings. The van der Waals surface area contributed by atoms with Gasteiger partial charge in [0, 0.05) is 29.0 Å². The molecule has 82 valence electrons. The predicted molar refractivity (Wildman–Crippen MR) is 67.3 cm³/mol. The van der Waals surface area contributed by atoms with Gasteiger partial charge in [-0.3, -0.25) is 4.98 Å². The van der Waals surface area contributed by atoms with Gasteiger partial charge in [0.05, 0.1) is 0 Å². The average Bonchev–Trinajstić information content (AvgIpc) is 2.28. The molecule has 0 radical (unpaired) electrons. The molecule has 0 aliphatic heterocycles. The molecule has 0 fully saturated rings. The maximum absolute atomic E-state index is 6.22. The summed E-state index contributed by atoms with van der Waals surface area (Å²) in [5.41, 5.74) is 9.69. The molecular formula is C13H13ClN2. The molecule has 0 bridgehead atoms. The molecule has 0 aliphatic carbocycles. The third kappa shape index (κ3) is 2.23. The second kappa shape index (κ2) is 4.64. The Labute approximate surface area is 100 Å². The maximum Gasteiger partial charge on any atom is 0.0487 e. The molecule has 1 aromatic heterocycles. The zero-order valence-corrected chi connectivity index (χ0v) is 9.83. The average molecular weight is 233 g/mol. The largest absolute Gasteiger partial charge is 0.326 e. The molecule has 16 heavy (non-hydrogen) atoms. The van der Waals surface area contributed by atoms with Crippen LogP contribution < -0.4 is 5.73 Å². The molecule has 0 amide bonds. The van der Waals surface area contributed by atoms with Crippen molar-refractivity contribution in [2.24, 2.45) is 5.73 Å². The van der Waals surface area contributed by atoms with Gasteiger partial charge in [0.1, 0.15) is 0 Å². The van der Waals surface area contributed by atoms with Crippen molar-refractivity contribution in [3.05, 3.63) is 52.8 Å². The molecule has 0 spiro atoms. The summed E-state index contributed by atoms with van der Waals surface area (Å²) in [6.07, 6.45) is 1.79. The molecule has 0 atom stereocenters. The first-order valence-electron chi connectivity index (χ1n) is 5.12. The second-order valence-corrected chi connectivity index (χ2v) is 4.11. The Hall–Kier alpha value is -1.38. The summed E-state index contributed by atoms with van der Waals surface area (Å²) >= 11 is 6.22. The van der Waals surface area contributed by atoms with Crippen LogP contribution in [0, 0.1) is 6.92 Å². The highest BCUT2D eigenvalue weighted by Crippen LogP contribution is 2.28. The number of aryl methyl sites for hydroxylation is 1. The van der Waals surface area contributed by atoms with E-state index in [0.717, 1.165) is 27.4 Å². The van der Waals surface area contributed by atoms with E-state index < -0.39 is 0 Å². The van der Waals surface area contributed by atoms with Gasteiger partial charge in [0.25, 0.3) is 0 Å². The fraction of sp³-hybridized carbons (Fsp3) is 0.154. The highest BCUT2D eigenvalue weighted by atomic mass is 35.5. The van der Waals surface area contributed by atoms with Crippen molar-refractivity contribution in [3.8, 4) is 11.1 Å². The van der Waals surface area contributed by atoms with Gasteiger partial charge in [0.15, 0.2) is 0 Å². The van der Waals surface area contributed by atoms with Crippen molar-refractivity contribution >= 4 is 11.6 Å². The quantitative estimate of drug-likeness (QED) is 0.864. The van der Waals surface area contributed by atoms with Gasteiger partial charge in [-0.2, -0.15) is 0 Å². The Morgan fingerprint density at radius 2 is 2.06 bits per heavy atom. The Balaban J connectivity index is 2.48. The summed E-state index contributed by atoms with van der Waals surface area (Å²) in [6.45, 7) is 2.47. The number of halogens is 1. The highest BCUT2D eigenvalue weighted by Gasteiger charge is 2.04. The van der Waals surface area contributed by atoms with Crippen molar-refractivity contribution < 1.29 is 0 Å². The van der Waals surface area contributed by atoms with Gasteiger partial charge in [0.2, 0.25) is 0 Å². The fourth-order valence-electron chi connectivity index (χ4n) is 1.63. The monoisotopic (exact) mass is 232 g/mol. The van der Waals surface area contributed by atoms with Crippen LogP contribution >= 0.6 is 11.6 Å². The second-order valence-electron chi connectivity index (χ2n) is 3.70. The van der Waals surface area contributed by atoms with Crippen molar-refractivity contribution in [1.82, 2.24) is 4.98 Å². The molecule has 1 heterocycles. The molecule has 0 unspecified atom stereocenters. The van der Waals surface area contributed by atoms with Crippen LogP contribution in [0.5, 0.6) is 0 Å². The van der Waals surface area contributed by atoms with Gasteiger partial charge in [-0.15, -0.1) is 0 Å². The number of nitrogens with two attached hydrogens (primary N) is 1. The summed E-state index contributed by atoms with van der Waals surface area (Å²) in [5, 5.41) is 0.730. The van der Waals surface area contributed by atoms with E-state index in [1.54, 1.807) is 6.20 Å². The van der Waals surface area contributed by atoms with E-state index in [-0.39, 0.29) is 0 Å². The fourth-order valence-corrected chi connectivity index (χ4v) is 1.95. The Bertz CT molecular complexity index is 509. The summed E-state index contributed by atoms with van der Waals surface area (Å²) in [4.78, 5) is 4.17. The zero-order chi connectivity index (χ0) is 11.5. The number of hydrogen-bond acceptors (Lipinski definition) is 2. The van der Waals surface area contributed by atoms with E-state index in [2.05, 4.69) is 4.98 Å². The van der Waals surface area contributed by atoms with Crippen molar-refractivity contribution in [3.63, 3.8) is 0 Å². The molecule has 2 N–H and O–H groups in total. The number of rotatable bonds is 2. The van der Waals surface area contributed by atoms with Crippen LogP contribution in [-0.2, 0) is 6.54 Å². The maximum atomic E-state index is 6.22. The van der Waals surface area contributed by atoms with E-state index in [4.69, 9.17) is 17.3 Å². The van der Waals surface area contributed by atoms with Crippen LogP contribution in [-0.4, -0.2) is 4.98 Å². The first-order valence-corrected chi connectivity index (χ1v) is 5.50. The molecular weight excluding hydrogens is 220 g/mol. The van der Waals surface area contributed by atoms with Gasteiger partial charge in [-0.25, -0.2) is 0 Å². The lowest BCUT2D eigenvalue weighted by molar-refractivity contribution is 1.07. The van der Waals surface area contributed by atoms with Gasteiger partial charge < -0.3 is 5.73 Å². The summed E-state index contributed by atoms with van der Waals surface area (Å²) in [5.74, 6) is 0. The van der Waals surface area contributed by atoms with Gasteiger partial charge in [-0.05, 0) is 36.2 Å². The Morgan fingerprint density at radius 1 is 1.25 bits per heavy atom. The standard InChI is InChI=1S/C13H13ClN2/c1-9-6-11(4-5-16-9)12-3-2-10(8-15)7-13(12)14/h2-7H,8,15H2,1H3. The van der Waals surface area contributed by atoms with E-state index >= 15 is 0 Å². The minimum atomic E-state index is 0.509.